The summed E-state index contributed by atoms with van der Waals surface area (Å²) < 4.78 is 10.6. The number of benzene rings is 2. The fourth-order valence-corrected chi connectivity index (χ4v) is 3.70. The normalized spacial score (nSPS) is 14.3. The molecule has 0 atom stereocenters. The first-order valence-corrected chi connectivity index (χ1v) is 10.4. The van der Waals surface area contributed by atoms with Gasteiger partial charge in [-0.1, -0.05) is 6.07 Å². The number of nitro benzene ring substituents is 1. The van der Waals surface area contributed by atoms with E-state index in [1.54, 1.807) is 18.2 Å². The second-order valence-electron chi connectivity index (χ2n) is 7.56. The Balaban J connectivity index is 1.28. The molecule has 2 aliphatic heterocycles. The fraction of sp³-hybridized carbons (Fsp3) is 0.318. The maximum atomic E-state index is 12.8. The summed E-state index contributed by atoms with van der Waals surface area (Å²) in [6, 6.07) is 10.5. The number of nitro groups is 1. The van der Waals surface area contributed by atoms with Crippen LogP contribution in [0.15, 0.2) is 42.5 Å². The molecule has 33 heavy (non-hydrogen) atoms. The average Bonchev–Trinajstić information content (AvgIpc) is 3.48. The lowest BCUT2D eigenvalue weighted by Crippen LogP contribution is -2.46. The van der Waals surface area contributed by atoms with Crippen molar-refractivity contribution < 1.29 is 28.8 Å². The maximum Gasteiger partial charge on any atom is 0.269 e. The molecule has 0 aromatic heterocycles. The van der Waals surface area contributed by atoms with Crippen molar-refractivity contribution in [3.63, 3.8) is 0 Å². The predicted octanol–water partition coefficient (Wildman–Crippen LogP) is 1.66. The van der Waals surface area contributed by atoms with E-state index in [9.17, 15) is 24.5 Å². The van der Waals surface area contributed by atoms with Crippen LogP contribution in [0.4, 0.5) is 5.69 Å². The van der Waals surface area contributed by atoms with Crippen molar-refractivity contribution in [2.75, 3.05) is 26.4 Å². The largest absolute Gasteiger partial charge is 0.454 e. The Morgan fingerprint density at radius 1 is 0.970 bits per heavy atom. The minimum Gasteiger partial charge on any atom is -0.454 e. The number of nitrogens with zero attached hydrogens (tertiary/aromatic N) is 3. The van der Waals surface area contributed by atoms with Gasteiger partial charge in [0, 0.05) is 43.8 Å². The summed E-state index contributed by atoms with van der Waals surface area (Å²) in [5, 5.41) is 16.2. The third-order valence-corrected chi connectivity index (χ3v) is 5.36. The van der Waals surface area contributed by atoms with Gasteiger partial charge in [0.2, 0.25) is 18.6 Å². The molecule has 1 fully saturated rings. The summed E-state index contributed by atoms with van der Waals surface area (Å²) in [5.41, 5.74) is 0.912. The quantitative estimate of drug-likeness (QED) is 0.497. The van der Waals surface area contributed by atoms with Crippen molar-refractivity contribution in [3.05, 3.63) is 63.7 Å². The van der Waals surface area contributed by atoms with Crippen molar-refractivity contribution in [3.8, 4) is 11.5 Å². The van der Waals surface area contributed by atoms with Gasteiger partial charge in [0.25, 0.3) is 11.6 Å². The molecule has 0 bridgehead atoms. The van der Waals surface area contributed by atoms with Crippen LogP contribution in [-0.4, -0.2) is 59.1 Å². The number of hydrazine groups is 1. The molecule has 3 amide bonds. The molecule has 2 aliphatic rings. The van der Waals surface area contributed by atoms with Gasteiger partial charge in [-0.2, -0.15) is 0 Å². The van der Waals surface area contributed by atoms with Crippen molar-refractivity contribution in [2.24, 2.45) is 0 Å². The molecule has 11 nitrogen and oxygen atoms in total. The molecule has 1 N–H and O–H groups in total. The van der Waals surface area contributed by atoms with Crippen LogP contribution in [0.5, 0.6) is 11.5 Å². The highest BCUT2D eigenvalue weighted by molar-refractivity contribution is 5.94. The van der Waals surface area contributed by atoms with Crippen molar-refractivity contribution in [2.45, 2.75) is 19.3 Å². The van der Waals surface area contributed by atoms with Gasteiger partial charge >= 0.3 is 0 Å². The minimum absolute atomic E-state index is 0.0204. The SMILES string of the molecule is O=C(NCCC(=O)N1CCCN1C(=O)Cc1ccc2c(c1)OCO2)c1ccc([N+](=O)[O-])cc1. The summed E-state index contributed by atoms with van der Waals surface area (Å²) >= 11 is 0. The van der Waals surface area contributed by atoms with E-state index in [0.29, 0.717) is 31.0 Å². The van der Waals surface area contributed by atoms with Crippen LogP contribution in [-0.2, 0) is 16.0 Å². The molecule has 0 spiro atoms. The van der Waals surface area contributed by atoms with Crippen molar-refractivity contribution in [1.29, 1.82) is 0 Å². The summed E-state index contributed by atoms with van der Waals surface area (Å²) in [5.74, 6) is 0.332. The fourth-order valence-electron chi connectivity index (χ4n) is 3.70. The number of hydrogen-bond acceptors (Lipinski definition) is 7. The van der Waals surface area contributed by atoms with Crippen LogP contribution in [0, 0.1) is 10.1 Å². The Hall–Kier alpha value is -4.15. The lowest BCUT2D eigenvalue weighted by atomic mass is 10.1. The molecule has 4 rings (SSSR count). The van der Waals surface area contributed by atoms with Crippen LogP contribution < -0.4 is 14.8 Å². The van der Waals surface area contributed by atoms with E-state index in [1.807, 2.05) is 0 Å². The number of carbonyl (C=O) groups excluding carboxylic acids is 3. The zero-order chi connectivity index (χ0) is 23.4. The molecular formula is C22H22N4O7. The van der Waals surface area contributed by atoms with Gasteiger partial charge in [-0.25, -0.2) is 0 Å². The molecule has 172 valence electrons. The van der Waals surface area contributed by atoms with Gasteiger partial charge in [-0.3, -0.25) is 34.5 Å². The second-order valence-corrected chi connectivity index (χ2v) is 7.56. The maximum absolute atomic E-state index is 12.8. The number of hydrogen-bond donors (Lipinski definition) is 1. The van der Waals surface area contributed by atoms with E-state index in [1.165, 1.54) is 34.3 Å². The van der Waals surface area contributed by atoms with Crippen molar-refractivity contribution in [1.82, 2.24) is 15.3 Å². The lowest BCUT2D eigenvalue weighted by molar-refractivity contribution is -0.384. The second kappa shape index (κ2) is 9.55. The van der Waals surface area contributed by atoms with E-state index >= 15 is 0 Å². The average molecular weight is 454 g/mol. The van der Waals surface area contributed by atoms with Gasteiger partial charge in [0.15, 0.2) is 11.5 Å². The highest BCUT2D eigenvalue weighted by atomic mass is 16.7. The molecule has 0 unspecified atom stereocenters. The number of ether oxygens (including phenoxy) is 2. The third kappa shape index (κ3) is 5.03. The standard InChI is InChI=1S/C22H22N4O7/c27-20(8-9-23-22(29)16-3-5-17(6-4-16)26(30)31)24-10-1-11-25(24)21(28)13-15-2-7-18-19(12-15)33-14-32-18/h2-7,12H,1,8-11,13-14H2,(H,23,29). The van der Waals surface area contributed by atoms with E-state index in [0.717, 1.165) is 5.56 Å². The molecule has 2 aromatic carbocycles. The molecule has 2 heterocycles. The summed E-state index contributed by atoms with van der Waals surface area (Å²) in [6.07, 6.45) is 0.817. The van der Waals surface area contributed by atoms with Gasteiger partial charge in [-0.15, -0.1) is 0 Å². The Kier molecular flexibility index (Phi) is 6.38. The lowest BCUT2D eigenvalue weighted by Gasteiger charge is -2.28. The topological polar surface area (TPSA) is 131 Å². The van der Waals surface area contributed by atoms with Crippen molar-refractivity contribution >= 4 is 23.4 Å². The van der Waals surface area contributed by atoms with Gasteiger partial charge in [-0.05, 0) is 36.2 Å². The zero-order valence-corrected chi connectivity index (χ0v) is 17.7. The number of non-ortho nitro benzene ring substituents is 1. The smallest absolute Gasteiger partial charge is 0.269 e. The number of amides is 3. The van der Waals surface area contributed by atoms with Gasteiger partial charge in [0.05, 0.1) is 11.3 Å². The summed E-state index contributed by atoms with van der Waals surface area (Å²) in [6.45, 7) is 1.11. The molecule has 0 saturated carbocycles. The Bertz CT molecular complexity index is 1090. The third-order valence-electron chi connectivity index (χ3n) is 5.36. The number of rotatable bonds is 7. The highest BCUT2D eigenvalue weighted by Gasteiger charge is 2.30. The Labute approximate surface area is 189 Å². The first-order chi connectivity index (χ1) is 15.9. The highest BCUT2D eigenvalue weighted by Crippen LogP contribution is 2.32. The number of nitrogens with one attached hydrogen (secondary N) is 1. The predicted molar refractivity (Wildman–Crippen MR) is 114 cm³/mol. The molecular weight excluding hydrogens is 432 g/mol. The van der Waals surface area contributed by atoms with E-state index in [4.69, 9.17) is 9.47 Å². The first kappa shape index (κ1) is 22.1. The van der Waals surface area contributed by atoms with Crippen LogP contribution in [0.25, 0.3) is 0 Å². The summed E-state index contributed by atoms with van der Waals surface area (Å²) in [7, 11) is 0. The number of carbonyl (C=O) groups is 3. The monoisotopic (exact) mass is 454 g/mol. The molecule has 2 aromatic rings. The molecule has 0 aliphatic carbocycles. The van der Waals surface area contributed by atoms with Crippen LogP contribution >= 0.6 is 0 Å². The van der Waals surface area contributed by atoms with Crippen LogP contribution in [0.2, 0.25) is 0 Å². The van der Waals surface area contributed by atoms with E-state index < -0.39 is 10.8 Å². The Morgan fingerprint density at radius 2 is 1.67 bits per heavy atom. The number of fused-ring (bicyclic) bond motifs is 1. The van der Waals surface area contributed by atoms with Gasteiger partial charge in [0.1, 0.15) is 0 Å². The Morgan fingerprint density at radius 3 is 2.39 bits per heavy atom. The van der Waals surface area contributed by atoms with Crippen LogP contribution in [0.1, 0.15) is 28.8 Å². The van der Waals surface area contributed by atoms with E-state index in [-0.39, 0.29) is 49.2 Å². The summed E-state index contributed by atoms with van der Waals surface area (Å²) in [4.78, 5) is 47.8. The van der Waals surface area contributed by atoms with Gasteiger partial charge < -0.3 is 14.8 Å². The van der Waals surface area contributed by atoms with Crippen LogP contribution in [0.3, 0.4) is 0 Å². The van der Waals surface area contributed by atoms with E-state index in [2.05, 4.69) is 5.32 Å². The zero-order valence-electron chi connectivity index (χ0n) is 17.7. The molecule has 1 saturated heterocycles. The minimum atomic E-state index is -0.546. The molecule has 11 heteroatoms. The first-order valence-electron chi connectivity index (χ1n) is 10.4. The molecule has 0 radical (unpaired) electrons.